The number of hydrogen-bond donors (Lipinski definition) is 3. The van der Waals surface area contributed by atoms with Crippen LogP contribution in [0.5, 0.6) is 6.01 Å². The Labute approximate surface area is 118 Å². The molecule has 0 saturated carbocycles. The molecule has 1 heterocycles. The molecule has 1 aromatic rings. The molecule has 0 atom stereocenters. The number of amides is 1. The van der Waals surface area contributed by atoms with Crippen LogP contribution in [0.3, 0.4) is 0 Å². The summed E-state index contributed by atoms with van der Waals surface area (Å²) in [5, 5.41) is 5.93. The third kappa shape index (κ3) is 4.52. The number of carbonyl (C=O) groups excluding carboxylic acids is 1. The van der Waals surface area contributed by atoms with Crippen LogP contribution in [0.1, 0.15) is 34.1 Å². The first kappa shape index (κ1) is 15.9. The monoisotopic (exact) mass is 282 g/mol. The van der Waals surface area contributed by atoms with E-state index in [-0.39, 0.29) is 12.0 Å². The van der Waals surface area contributed by atoms with Gasteiger partial charge in [-0.05, 0) is 27.2 Å². The number of carbonyl (C=O) groups is 1. The summed E-state index contributed by atoms with van der Waals surface area (Å²) in [6.45, 7) is 8.34. The van der Waals surface area contributed by atoms with Crippen LogP contribution in [0.25, 0.3) is 0 Å². The predicted octanol–water partition coefficient (Wildman–Crippen LogP) is 0.768. The summed E-state index contributed by atoms with van der Waals surface area (Å²) in [6, 6.07) is 0.198. The van der Waals surface area contributed by atoms with E-state index >= 15 is 0 Å². The van der Waals surface area contributed by atoms with Crippen molar-refractivity contribution in [2.24, 2.45) is 5.73 Å². The standard InChI is InChI=1S/C12H22N6O2/c1-5-7-14-9-15-10(17-11(16-9)20-6-2)18-12(3,4)8(13)19/h5-7H2,1-4H3,(H2,13,19)(H2,14,15,16,17,18). The van der Waals surface area contributed by atoms with Crippen LogP contribution in [0.4, 0.5) is 11.9 Å². The molecule has 0 aromatic carbocycles. The first-order valence-electron chi connectivity index (χ1n) is 6.60. The van der Waals surface area contributed by atoms with Crippen molar-refractivity contribution in [3.63, 3.8) is 0 Å². The number of nitrogens with zero attached hydrogens (tertiary/aromatic N) is 3. The normalized spacial score (nSPS) is 11.0. The van der Waals surface area contributed by atoms with E-state index in [2.05, 4.69) is 25.6 Å². The van der Waals surface area contributed by atoms with E-state index in [0.717, 1.165) is 13.0 Å². The summed E-state index contributed by atoms with van der Waals surface area (Å²) in [5.41, 5.74) is 4.35. The van der Waals surface area contributed by atoms with Gasteiger partial charge in [0.05, 0.1) is 6.61 Å². The maximum absolute atomic E-state index is 11.3. The maximum atomic E-state index is 11.3. The Bertz CT molecular complexity index is 463. The molecular weight excluding hydrogens is 260 g/mol. The summed E-state index contributed by atoms with van der Waals surface area (Å²) < 4.78 is 5.28. The fourth-order valence-electron chi connectivity index (χ4n) is 1.26. The van der Waals surface area contributed by atoms with Gasteiger partial charge < -0.3 is 21.1 Å². The smallest absolute Gasteiger partial charge is 0.323 e. The molecule has 0 saturated heterocycles. The molecule has 0 aliphatic rings. The minimum atomic E-state index is -0.965. The number of hydrogen-bond acceptors (Lipinski definition) is 7. The molecule has 0 aliphatic heterocycles. The molecule has 1 rings (SSSR count). The third-order valence-electron chi connectivity index (χ3n) is 2.46. The number of aromatic nitrogens is 3. The van der Waals surface area contributed by atoms with Crippen molar-refractivity contribution in [1.82, 2.24) is 15.0 Å². The van der Waals surface area contributed by atoms with E-state index in [1.54, 1.807) is 13.8 Å². The zero-order valence-corrected chi connectivity index (χ0v) is 12.4. The van der Waals surface area contributed by atoms with Gasteiger partial charge in [-0.1, -0.05) is 6.92 Å². The van der Waals surface area contributed by atoms with Gasteiger partial charge in [-0.25, -0.2) is 0 Å². The topological polar surface area (TPSA) is 115 Å². The summed E-state index contributed by atoms with van der Waals surface area (Å²) in [6.07, 6.45) is 0.936. The lowest BCUT2D eigenvalue weighted by Crippen LogP contribution is -2.45. The van der Waals surface area contributed by atoms with Gasteiger partial charge in [-0.15, -0.1) is 0 Å². The van der Waals surface area contributed by atoms with Crippen molar-refractivity contribution in [1.29, 1.82) is 0 Å². The molecule has 1 amide bonds. The first-order chi connectivity index (χ1) is 9.39. The van der Waals surface area contributed by atoms with Crippen molar-refractivity contribution < 1.29 is 9.53 Å². The van der Waals surface area contributed by atoms with Gasteiger partial charge >= 0.3 is 6.01 Å². The van der Waals surface area contributed by atoms with E-state index in [1.165, 1.54) is 0 Å². The lowest BCUT2D eigenvalue weighted by Gasteiger charge is -2.22. The quantitative estimate of drug-likeness (QED) is 0.645. The third-order valence-corrected chi connectivity index (χ3v) is 2.46. The zero-order chi connectivity index (χ0) is 15.2. The fourth-order valence-corrected chi connectivity index (χ4v) is 1.26. The minimum absolute atomic E-state index is 0.198. The van der Waals surface area contributed by atoms with Crippen LogP contribution >= 0.6 is 0 Å². The number of primary amides is 1. The van der Waals surface area contributed by atoms with Crippen molar-refractivity contribution in [2.45, 2.75) is 39.7 Å². The summed E-state index contributed by atoms with van der Waals surface area (Å²) in [7, 11) is 0. The molecule has 8 nitrogen and oxygen atoms in total. The van der Waals surface area contributed by atoms with Gasteiger partial charge in [0.15, 0.2) is 0 Å². The molecule has 20 heavy (non-hydrogen) atoms. The fraction of sp³-hybridized carbons (Fsp3) is 0.667. The number of rotatable bonds is 8. The minimum Gasteiger partial charge on any atom is -0.464 e. The van der Waals surface area contributed by atoms with Gasteiger partial charge in [0.2, 0.25) is 17.8 Å². The molecular formula is C12H22N6O2. The number of nitrogens with two attached hydrogens (primary N) is 1. The Morgan fingerprint density at radius 1 is 1.25 bits per heavy atom. The van der Waals surface area contributed by atoms with Crippen LogP contribution in [0, 0.1) is 0 Å². The average molecular weight is 282 g/mol. The number of nitrogens with one attached hydrogen (secondary N) is 2. The Morgan fingerprint density at radius 3 is 2.45 bits per heavy atom. The van der Waals surface area contributed by atoms with Gasteiger partial charge in [-0.2, -0.15) is 15.0 Å². The van der Waals surface area contributed by atoms with Crippen molar-refractivity contribution >= 4 is 17.8 Å². The van der Waals surface area contributed by atoms with Crippen LogP contribution < -0.4 is 21.1 Å². The van der Waals surface area contributed by atoms with Crippen LogP contribution in [0.15, 0.2) is 0 Å². The van der Waals surface area contributed by atoms with E-state index < -0.39 is 11.4 Å². The van der Waals surface area contributed by atoms with Gasteiger partial charge in [0.1, 0.15) is 5.54 Å². The summed E-state index contributed by atoms with van der Waals surface area (Å²) in [5.74, 6) is 0.137. The van der Waals surface area contributed by atoms with Crippen LogP contribution in [-0.4, -0.2) is 39.5 Å². The van der Waals surface area contributed by atoms with E-state index in [1.807, 2.05) is 13.8 Å². The Hall–Kier alpha value is -2.12. The summed E-state index contributed by atoms with van der Waals surface area (Å²) >= 11 is 0. The second-order valence-corrected chi connectivity index (χ2v) is 4.74. The van der Waals surface area contributed by atoms with Crippen LogP contribution in [0.2, 0.25) is 0 Å². The number of ether oxygens (including phenoxy) is 1. The first-order valence-corrected chi connectivity index (χ1v) is 6.60. The molecule has 0 unspecified atom stereocenters. The highest BCUT2D eigenvalue weighted by molar-refractivity contribution is 5.86. The molecule has 0 fully saturated rings. The summed E-state index contributed by atoms with van der Waals surface area (Å²) in [4.78, 5) is 23.7. The Kier molecular flexibility index (Phi) is 5.48. The molecule has 0 radical (unpaired) electrons. The maximum Gasteiger partial charge on any atom is 0.323 e. The largest absolute Gasteiger partial charge is 0.464 e. The average Bonchev–Trinajstić information content (AvgIpc) is 2.35. The Morgan fingerprint density at radius 2 is 1.90 bits per heavy atom. The van der Waals surface area contributed by atoms with E-state index in [0.29, 0.717) is 12.6 Å². The van der Waals surface area contributed by atoms with Crippen molar-refractivity contribution in [2.75, 3.05) is 23.8 Å². The number of anilines is 2. The zero-order valence-electron chi connectivity index (χ0n) is 12.4. The second kappa shape index (κ2) is 6.88. The van der Waals surface area contributed by atoms with Crippen molar-refractivity contribution in [3.8, 4) is 6.01 Å². The highest BCUT2D eigenvalue weighted by atomic mass is 16.5. The SMILES string of the molecule is CCCNc1nc(NC(C)(C)C(N)=O)nc(OCC)n1. The second-order valence-electron chi connectivity index (χ2n) is 4.74. The molecule has 1 aromatic heterocycles. The van der Waals surface area contributed by atoms with Gasteiger partial charge in [0, 0.05) is 6.54 Å². The van der Waals surface area contributed by atoms with Crippen LogP contribution in [-0.2, 0) is 4.79 Å². The highest BCUT2D eigenvalue weighted by Gasteiger charge is 2.26. The Balaban J connectivity index is 2.98. The van der Waals surface area contributed by atoms with E-state index in [9.17, 15) is 4.79 Å². The molecule has 8 heteroatoms. The molecule has 112 valence electrons. The highest BCUT2D eigenvalue weighted by Crippen LogP contribution is 2.15. The molecule has 0 aliphatic carbocycles. The van der Waals surface area contributed by atoms with E-state index in [4.69, 9.17) is 10.5 Å². The lowest BCUT2D eigenvalue weighted by molar-refractivity contribution is -0.121. The molecule has 0 spiro atoms. The lowest BCUT2D eigenvalue weighted by atomic mass is 10.1. The molecule has 0 bridgehead atoms. The molecule has 4 N–H and O–H groups in total. The van der Waals surface area contributed by atoms with Gasteiger partial charge in [0.25, 0.3) is 0 Å². The predicted molar refractivity (Wildman–Crippen MR) is 76.7 cm³/mol. The van der Waals surface area contributed by atoms with Gasteiger partial charge in [-0.3, -0.25) is 4.79 Å². The van der Waals surface area contributed by atoms with Crippen molar-refractivity contribution in [3.05, 3.63) is 0 Å².